The molecule has 1 aliphatic heterocycles. The van der Waals surface area contributed by atoms with Gasteiger partial charge >= 0.3 is 0 Å². The molecule has 0 N–H and O–H groups in total. The summed E-state index contributed by atoms with van der Waals surface area (Å²) in [5, 5.41) is 0. The number of anilines is 1. The Hall–Kier alpha value is -1.94. The van der Waals surface area contributed by atoms with E-state index >= 15 is 0 Å². The highest BCUT2D eigenvalue weighted by Crippen LogP contribution is 2.30. The van der Waals surface area contributed by atoms with Crippen molar-refractivity contribution in [1.29, 1.82) is 0 Å². The van der Waals surface area contributed by atoms with Crippen molar-refractivity contribution in [3.63, 3.8) is 0 Å². The Morgan fingerprint density at radius 3 is 2.56 bits per heavy atom. The summed E-state index contributed by atoms with van der Waals surface area (Å²) in [6, 6.07) is 15.0. The SMILES string of the molecule is C=C(Cc1cccc(C)c1)N1CCN(c2ccc(Br)c(OC)c2)CC1. The highest BCUT2D eigenvalue weighted by molar-refractivity contribution is 9.10. The van der Waals surface area contributed by atoms with E-state index in [0.29, 0.717) is 0 Å². The van der Waals surface area contributed by atoms with Gasteiger partial charge < -0.3 is 14.5 Å². The summed E-state index contributed by atoms with van der Waals surface area (Å²) in [6.07, 6.45) is 0.924. The number of nitrogens with zero attached hydrogens (tertiary/aromatic N) is 2. The number of ether oxygens (including phenoxy) is 1. The van der Waals surface area contributed by atoms with Crippen LogP contribution in [0.15, 0.2) is 59.2 Å². The summed E-state index contributed by atoms with van der Waals surface area (Å²) < 4.78 is 6.40. The molecular weight excluding hydrogens is 376 g/mol. The van der Waals surface area contributed by atoms with Crippen LogP contribution in [-0.4, -0.2) is 38.2 Å². The first-order valence-corrected chi connectivity index (χ1v) is 9.43. The third kappa shape index (κ3) is 4.37. The third-order valence-corrected chi connectivity index (χ3v) is 5.37. The fraction of sp³-hybridized carbons (Fsp3) is 0.333. The Labute approximate surface area is 159 Å². The molecule has 3 nitrogen and oxygen atoms in total. The van der Waals surface area contributed by atoms with Crippen molar-refractivity contribution in [3.8, 4) is 5.75 Å². The van der Waals surface area contributed by atoms with Crippen LogP contribution in [0.3, 0.4) is 0 Å². The van der Waals surface area contributed by atoms with Gasteiger partial charge in [-0.1, -0.05) is 36.4 Å². The van der Waals surface area contributed by atoms with Gasteiger partial charge in [-0.2, -0.15) is 0 Å². The van der Waals surface area contributed by atoms with Gasteiger partial charge in [-0.15, -0.1) is 0 Å². The average molecular weight is 401 g/mol. The molecule has 2 aromatic carbocycles. The number of hydrogen-bond acceptors (Lipinski definition) is 3. The number of allylic oxidation sites excluding steroid dienone is 1. The van der Waals surface area contributed by atoms with E-state index < -0.39 is 0 Å². The van der Waals surface area contributed by atoms with E-state index in [1.807, 2.05) is 0 Å². The Balaban J connectivity index is 1.59. The highest BCUT2D eigenvalue weighted by atomic mass is 79.9. The van der Waals surface area contributed by atoms with Gasteiger partial charge in [0.05, 0.1) is 11.6 Å². The van der Waals surface area contributed by atoms with Crippen molar-refractivity contribution < 1.29 is 4.74 Å². The number of piperazine rings is 1. The molecule has 25 heavy (non-hydrogen) atoms. The molecule has 0 spiro atoms. The minimum atomic E-state index is 0.879. The van der Waals surface area contributed by atoms with E-state index in [1.54, 1.807) is 7.11 Å². The number of hydrogen-bond donors (Lipinski definition) is 0. The summed E-state index contributed by atoms with van der Waals surface area (Å²) in [6.45, 7) is 10.5. The van der Waals surface area contributed by atoms with Crippen molar-refractivity contribution >= 4 is 21.6 Å². The molecule has 0 radical (unpaired) electrons. The van der Waals surface area contributed by atoms with E-state index in [1.165, 1.54) is 22.5 Å². The zero-order valence-corrected chi connectivity index (χ0v) is 16.6. The molecule has 0 amide bonds. The molecule has 0 bridgehead atoms. The lowest BCUT2D eigenvalue weighted by Crippen LogP contribution is -2.46. The van der Waals surface area contributed by atoms with Crippen molar-refractivity contribution in [2.75, 3.05) is 38.2 Å². The van der Waals surface area contributed by atoms with Crippen LogP contribution in [0.2, 0.25) is 0 Å². The van der Waals surface area contributed by atoms with Gasteiger partial charge in [0.1, 0.15) is 5.75 Å². The topological polar surface area (TPSA) is 15.7 Å². The Bertz CT molecular complexity index is 751. The van der Waals surface area contributed by atoms with Crippen LogP contribution < -0.4 is 9.64 Å². The number of halogens is 1. The number of rotatable bonds is 5. The Morgan fingerprint density at radius 1 is 1.12 bits per heavy atom. The predicted octanol–water partition coefficient (Wildman–Crippen LogP) is 4.64. The first kappa shape index (κ1) is 17.9. The smallest absolute Gasteiger partial charge is 0.135 e. The molecule has 4 heteroatoms. The fourth-order valence-corrected chi connectivity index (χ4v) is 3.70. The zero-order chi connectivity index (χ0) is 17.8. The minimum absolute atomic E-state index is 0.879. The largest absolute Gasteiger partial charge is 0.495 e. The van der Waals surface area contributed by atoms with Gasteiger partial charge in [0, 0.05) is 50.1 Å². The number of methoxy groups -OCH3 is 1. The molecule has 0 aromatic heterocycles. The van der Waals surface area contributed by atoms with E-state index in [-0.39, 0.29) is 0 Å². The van der Waals surface area contributed by atoms with Crippen molar-refractivity contribution in [1.82, 2.24) is 4.90 Å². The first-order chi connectivity index (χ1) is 12.1. The van der Waals surface area contributed by atoms with E-state index in [9.17, 15) is 0 Å². The summed E-state index contributed by atoms with van der Waals surface area (Å²) in [5.74, 6) is 0.879. The molecule has 1 fully saturated rings. The Morgan fingerprint density at radius 2 is 1.88 bits per heavy atom. The second-order valence-electron chi connectivity index (χ2n) is 6.53. The predicted molar refractivity (Wildman–Crippen MR) is 109 cm³/mol. The average Bonchev–Trinajstić information content (AvgIpc) is 2.62. The maximum Gasteiger partial charge on any atom is 0.135 e. The standard InChI is InChI=1S/C21H25BrN2O/c1-16-5-4-6-18(13-16)14-17(2)23-9-11-24(12-10-23)19-7-8-20(22)21(15-19)25-3/h4-8,13,15H,2,9-12,14H2,1,3H3. The lowest BCUT2D eigenvalue weighted by molar-refractivity contribution is 0.316. The van der Waals surface area contributed by atoms with Crippen LogP contribution in [0.5, 0.6) is 5.75 Å². The van der Waals surface area contributed by atoms with Crippen molar-refractivity contribution in [2.45, 2.75) is 13.3 Å². The number of aryl methyl sites for hydroxylation is 1. The van der Waals surface area contributed by atoms with Gasteiger partial charge in [-0.25, -0.2) is 0 Å². The monoisotopic (exact) mass is 400 g/mol. The van der Waals surface area contributed by atoms with Crippen molar-refractivity contribution in [2.24, 2.45) is 0 Å². The Kier molecular flexibility index (Phi) is 5.69. The fourth-order valence-electron chi connectivity index (χ4n) is 3.30. The summed E-state index contributed by atoms with van der Waals surface area (Å²) in [7, 11) is 1.71. The third-order valence-electron chi connectivity index (χ3n) is 4.72. The second-order valence-corrected chi connectivity index (χ2v) is 7.38. The van der Waals surface area contributed by atoms with Crippen LogP contribution in [0.1, 0.15) is 11.1 Å². The summed E-state index contributed by atoms with van der Waals surface area (Å²) in [5.41, 5.74) is 5.06. The zero-order valence-electron chi connectivity index (χ0n) is 15.0. The van der Waals surface area contributed by atoms with Crippen LogP contribution in [-0.2, 0) is 6.42 Å². The maximum absolute atomic E-state index is 5.41. The van der Waals surface area contributed by atoms with Crippen LogP contribution in [0.4, 0.5) is 5.69 Å². The van der Waals surface area contributed by atoms with E-state index in [4.69, 9.17) is 4.74 Å². The molecule has 0 atom stereocenters. The van der Waals surface area contributed by atoms with Gasteiger partial charge in [-0.3, -0.25) is 0 Å². The lowest BCUT2D eigenvalue weighted by atomic mass is 10.1. The van der Waals surface area contributed by atoms with Gasteiger partial charge in [0.2, 0.25) is 0 Å². The van der Waals surface area contributed by atoms with Crippen molar-refractivity contribution in [3.05, 3.63) is 70.3 Å². The van der Waals surface area contributed by atoms with Crippen LogP contribution in [0.25, 0.3) is 0 Å². The van der Waals surface area contributed by atoms with Crippen LogP contribution >= 0.6 is 15.9 Å². The minimum Gasteiger partial charge on any atom is -0.495 e. The van der Waals surface area contributed by atoms with Gasteiger partial charge in [0.25, 0.3) is 0 Å². The molecule has 0 aliphatic carbocycles. The van der Waals surface area contributed by atoms with E-state index in [2.05, 4.69) is 81.7 Å². The second kappa shape index (κ2) is 7.96. The molecule has 0 unspecified atom stereocenters. The summed E-state index contributed by atoms with van der Waals surface area (Å²) >= 11 is 3.52. The maximum atomic E-state index is 5.41. The molecule has 3 rings (SSSR count). The van der Waals surface area contributed by atoms with Gasteiger partial charge in [0.15, 0.2) is 0 Å². The van der Waals surface area contributed by atoms with E-state index in [0.717, 1.165) is 42.8 Å². The molecule has 0 saturated carbocycles. The molecule has 1 aliphatic rings. The quantitative estimate of drug-likeness (QED) is 0.726. The van der Waals surface area contributed by atoms with Gasteiger partial charge in [-0.05, 0) is 40.5 Å². The summed E-state index contributed by atoms with van der Waals surface area (Å²) in [4.78, 5) is 4.82. The highest BCUT2D eigenvalue weighted by Gasteiger charge is 2.19. The number of benzene rings is 2. The normalized spacial score (nSPS) is 14.5. The molecule has 1 heterocycles. The van der Waals surface area contributed by atoms with Crippen LogP contribution in [0, 0.1) is 6.92 Å². The molecule has 2 aromatic rings. The molecule has 1 saturated heterocycles. The first-order valence-electron chi connectivity index (χ1n) is 8.63. The lowest BCUT2D eigenvalue weighted by Gasteiger charge is -2.38. The molecular formula is C21H25BrN2O. The molecule has 132 valence electrons.